The van der Waals surface area contributed by atoms with Gasteiger partial charge in [0.05, 0.1) is 29.6 Å². The van der Waals surface area contributed by atoms with E-state index >= 15 is 0 Å². The fourth-order valence-corrected chi connectivity index (χ4v) is 4.90. The van der Waals surface area contributed by atoms with E-state index in [9.17, 15) is 14.0 Å². The van der Waals surface area contributed by atoms with E-state index in [2.05, 4.69) is 11.1 Å². The average Bonchev–Trinajstić information content (AvgIpc) is 3.26. The molecular formula is C22H24FN3O4S. The maximum absolute atomic E-state index is 14.1. The van der Waals surface area contributed by atoms with Crippen LogP contribution in [0, 0.1) is 5.82 Å². The van der Waals surface area contributed by atoms with Gasteiger partial charge in [0.2, 0.25) is 0 Å². The van der Waals surface area contributed by atoms with Gasteiger partial charge in [-0.1, -0.05) is 0 Å². The lowest BCUT2D eigenvalue weighted by molar-refractivity contribution is 0.0226. The molecule has 0 unspecified atom stereocenters. The summed E-state index contributed by atoms with van der Waals surface area (Å²) in [6, 6.07) is 4.56. The van der Waals surface area contributed by atoms with Crippen LogP contribution in [0.1, 0.15) is 41.6 Å². The highest BCUT2D eigenvalue weighted by Crippen LogP contribution is 2.36. The van der Waals surface area contributed by atoms with E-state index in [1.54, 1.807) is 16.5 Å². The van der Waals surface area contributed by atoms with Crippen molar-refractivity contribution in [3.63, 3.8) is 0 Å². The first-order valence-electron chi connectivity index (χ1n) is 9.91. The van der Waals surface area contributed by atoms with Crippen molar-refractivity contribution in [3.05, 3.63) is 40.0 Å². The number of nitrogens with zero attached hydrogens (tertiary/aromatic N) is 3. The molecule has 7 nitrogen and oxygen atoms in total. The summed E-state index contributed by atoms with van der Waals surface area (Å²) < 4.78 is 26.2. The standard InChI is InChI=1S/C22H24FN3O4S/c1-22(2,3)30-21(28)26-7-6-12-8-16(31-17(12)11-26)19-24-18-14(20(27)29-5)9-13(23)10-15(18)25(19)4/h8-10H,6-7,11H2,1-5H3. The summed E-state index contributed by atoms with van der Waals surface area (Å²) in [4.78, 5) is 32.9. The van der Waals surface area contributed by atoms with Crippen molar-refractivity contribution in [2.24, 2.45) is 7.05 Å². The topological polar surface area (TPSA) is 73.7 Å². The molecule has 1 aromatic carbocycles. The number of amides is 1. The molecule has 164 valence electrons. The number of benzene rings is 1. The van der Waals surface area contributed by atoms with Gasteiger partial charge in [-0.15, -0.1) is 11.3 Å². The third-order valence-corrected chi connectivity index (χ3v) is 6.27. The fourth-order valence-electron chi connectivity index (χ4n) is 3.65. The largest absolute Gasteiger partial charge is 0.465 e. The number of rotatable bonds is 2. The summed E-state index contributed by atoms with van der Waals surface area (Å²) in [5.74, 6) is -0.525. The molecule has 0 saturated carbocycles. The van der Waals surface area contributed by atoms with E-state index in [1.807, 2.05) is 20.8 Å². The SMILES string of the molecule is COC(=O)c1cc(F)cc2c1nc(-c1cc3c(s1)CN(C(=O)OC(C)(C)C)CC3)n2C. The number of aromatic nitrogens is 2. The Kier molecular flexibility index (Phi) is 5.25. The van der Waals surface area contributed by atoms with Crippen molar-refractivity contribution in [1.29, 1.82) is 0 Å². The van der Waals surface area contributed by atoms with Gasteiger partial charge in [0.25, 0.3) is 0 Å². The first-order valence-corrected chi connectivity index (χ1v) is 10.7. The smallest absolute Gasteiger partial charge is 0.410 e. The van der Waals surface area contributed by atoms with Gasteiger partial charge in [-0.05, 0) is 51.0 Å². The lowest BCUT2D eigenvalue weighted by atomic mass is 10.1. The molecule has 0 bridgehead atoms. The molecule has 0 fully saturated rings. The molecule has 4 rings (SSSR count). The van der Waals surface area contributed by atoms with E-state index in [-0.39, 0.29) is 11.7 Å². The molecule has 3 heterocycles. The number of esters is 1. The van der Waals surface area contributed by atoms with Crippen LogP contribution in [0.15, 0.2) is 18.2 Å². The third-order valence-electron chi connectivity index (χ3n) is 5.11. The molecule has 0 N–H and O–H groups in total. The molecule has 1 aliphatic rings. The minimum atomic E-state index is -0.632. The molecule has 1 amide bonds. The number of hydrogen-bond donors (Lipinski definition) is 0. The van der Waals surface area contributed by atoms with Crippen LogP contribution in [0.5, 0.6) is 0 Å². The second kappa shape index (κ2) is 7.64. The number of carbonyl (C=O) groups is 2. The van der Waals surface area contributed by atoms with Crippen LogP contribution < -0.4 is 0 Å². The van der Waals surface area contributed by atoms with Crippen molar-refractivity contribution in [3.8, 4) is 10.7 Å². The number of thiophene rings is 1. The fraction of sp³-hybridized carbons (Fsp3) is 0.409. The number of hydrogen-bond acceptors (Lipinski definition) is 6. The number of methoxy groups -OCH3 is 1. The number of halogens is 1. The van der Waals surface area contributed by atoms with Crippen molar-refractivity contribution in [2.45, 2.75) is 39.3 Å². The highest BCUT2D eigenvalue weighted by atomic mass is 32.1. The van der Waals surface area contributed by atoms with Gasteiger partial charge in [-0.25, -0.2) is 19.0 Å². The summed E-state index contributed by atoms with van der Waals surface area (Å²) in [6.45, 7) is 6.60. The van der Waals surface area contributed by atoms with Crippen LogP contribution in [0.3, 0.4) is 0 Å². The number of carbonyl (C=O) groups excluding carboxylic acids is 2. The quantitative estimate of drug-likeness (QED) is 0.542. The van der Waals surface area contributed by atoms with Crippen molar-refractivity contribution >= 4 is 34.4 Å². The molecule has 0 radical (unpaired) electrons. The Morgan fingerprint density at radius 1 is 1.23 bits per heavy atom. The highest BCUT2D eigenvalue weighted by molar-refractivity contribution is 7.15. The summed E-state index contributed by atoms with van der Waals surface area (Å²) in [7, 11) is 3.05. The van der Waals surface area contributed by atoms with Gasteiger partial charge in [0.1, 0.15) is 16.9 Å². The van der Waals surface area contributed by atoms with Crippen LogP contribution in [0.25, 0.3) is 21.7 Å². The number of imidazole rings is 1. The van der Waals surface area contributed by atoms with Crippen LogP contribution in [0.2, 0.25) is 0 Å². The first-order chi connectivity index (χ1) is 14.6. The molecular weight excluding hydrogens is 421 g/mol. The Balaban J connectivity index is 1.69. The van der Waals surface area contributed by atoms with Gasteiger partial charge in [0, 0.05) is 18.5 Å². The van der Waals surface area contributed by atoms with Gasteiger partial charge >= 0.3 is 12.1 Å². The molecule has 31 heavy (non-hydrogen) atoms. The number of fused-ring (bicyclic) bond motifs is 2. The zero-order valence-corrected chi connectivity index (χ0v) is 18.9. The van der Waals surface area contributed by atoms with E-state index in [0.717, 1.165) is 27.8 Å². The molecule has 0 atom stereocenters. The number of ether oxygens (including phenoxy) is 2. The molecule has 2 aromatic heterocycles. The Morgan fingerprint density at radius 2 is 1.97 bits per heavy atom. The second-order valence-electron chi connectivity index (χ2n) is 8.52. The van der Waals surface area contributed by atoms with E-state index in [4.69, 9.17) is 9.47 Å². The maximum Gasteiger partial charge on any atom is 0.410 e. The second-order valence-corrected chi connectivity index (χ2v) is 9.65. The van der Waals surface area contributed by atoms with Crippen molar-refractivity contribution in [1.82, 2.24) is 14.5 Å². The zero-order valence-electron chi connectivity index (χ0n) is 18.1. The first kappa shape index (κ1) is 21.3. The van der Waals surface area contributed by atoms with Gasteiger partial charge in [-0.2, -0.15) is 0 Å². The molecule has 3 aromatic rings. The van der Waals surface area contributed by atoms with Crippen LogP contribution in [0.4, 0.5) is 9.18 Å². The van der Waals surface area contributed by atoms with Crippen LogP contribution >= 0.6 is 11.3 Å². The zero-order chi connectivity index (χ0) is 22.5. The Morgan fingerprint density at radius 3 is 2.65 bits per heavy atom. The van der Waals surface area contributed by atoms with E-state index in [1.165, 1.54) is 24.5 Å². The lowest BCUT2D eigenvalue weighted by Gasteiger charge is -2.29. The summed E-state index contributed by atoms with van der Waals surface area (Å²) in [5, 5.41) is 0. The van der Waals surface area contributed by atoms with Crippen LogP contribution in [-0.2, 0) is 29.5 Å². The monoisotopic (exact) mass is 445 g/mol. The van der Waals surface area contributed by atoms with Gasteiger partial charge in [0.15, 0.2) is 5.82 Å². The molecule has 9 heteroatoms. The summed E-state index contributed by atoms with van der Waals surface area (Å²) >= 11 is 1.54. The Hall–Kier alpha value is -2.94. The Labute approximate surface area is 183 Å². The average molecular weight is 446 g/mol. The van der Waals surface area contributed by atoms with Crippen molar-refractivity contribution < 1.29 is 23.5 Å². The van der Waals surface area contributed by atoms with E-state index in [0.29, 0.717) is 29.9 Å². The van der Waals surface area contributed by atoms with Crippen LogP contribution in [-0.4, -0.2) is 45.8 Å². The molecule has 0 aliphatic carbocycles. The van der Waals surface area contributed by atoms with Gasteiger partial charge < -0.3 is 18.9 Å². The van der Waals surface area contributed by atoms with Crippen molar-refractivity contribution in [2.75, 3.05) is 13.7 Å². The number of aryl methyl sites for hydroxylation is 1. The Bertz CT molecular complexity index is 1190. The summed E-state index contributed by atoms with van der Waals surface area (Å²) in [6.07, 6.45) is 0.394. The lowest BCUT2D eigenvalue weighted by Crippen LogP contribution is -2.39. The predicted molar refractivity (Wildman–Crippen MR) is 116 cm³/mol. The molecule has 1 aliphatic heterocycles. The minimum absolute atomic E-state index is 0.0942. The normalized spacial score (nSPS) is 13.9. The highest BCUT2D eigenvalue weighted by Gasteiger charge is 2.28. The predicted octanol–water partition coefficient (Wildman–Crippen LogP) is 4.52. The molecule has 0 saturated heterocycles. The van der Waals surface area contributed by atoms with E-state index < -0.39 is 17.4 Å². The maximum atomic E-state index is 14.1. The molecule has 0 spiro atoms. The summed E-state index contributed by atoms with van der Waals surface area (Å²) in [5.41, 5.74) is 1.62. The third kappa shape index (κ3) is 4.01. The van der Waals surface area contributed by atoms with Gasteiger partial charge in [-0.3, -0.25) is 0 Å². The minimum Gasteiger partial charge on any atom is -0.465 e.